The fourth-order valence-electron chi connectivity index (χ4n) is 1.37. The molecule has 1 rings (SSSR count). The van der Waals surface area contributed by atoms with Gasteiger partial charge in [0.1, 0.15) is 0 Å². The summed E-state index contributed by atoms with van der Waals surface area (Å²) in [6, 6.07) is 3.68. The molecule has 0 radical (unpaired) electrons. The molecule has 7 nitrogen and oxygen atoms in total. The normalized spacial score (nSPS) is 11.0. The minimum atomic E-state index is -4.06. The first-order valence-corrected chi connectivity index (χ1v) is 6.57. The van der Waals surface area contributed by atoms with E-state index in [1.54, 1.807) is 0 Å². The third-order valence-electron chi connectivity index (χ3n) is 2.31. The SMILES string of the molecule is CCC(=O)NS(=O)(=O)c1cccc([N+](=O)[O-])c1C. The van der Waals surface area contributed by atoms with E-state index in [0.717, 1.165) is 0 Å². The van der Waals surface area contributed by atoms with Gasteiger partial charge in [-0.1, -0.05) is 13.0 Å². The minimum Gasteiger partial charge on any atom is -0.274 e. The van der Waals surface area contributed by atoms with Crippen molar-refractivity contribution in [3.8, 4) is 0 Å². The van der Waals surface area contributed by atoms with Crippen molar-refractivity contribution < 1.29 is 18.1 Å². The molecule has 1 N–H and O–H groups in total. The van der Waals surface area contributed by atoms with Crippen molar-refractivity contribution in [2.45, 2.75) is 25.2 Å². The molecule has 0 aromatic heterocycles. The Labute approximate surface area is 104 Å². The number of nitrogens with zero attached hydrogens (tertiary/aromatic N) is 1. The Balaban J connectivity index is 3.30. The summed E-state index contributed by atoms with van der Waals surface area (Å²) < 4.78 is 25.5. The third kappa shape index (κ3) is 2.83. The van der Waals surface area contributed by atoms with E-state index in [1.807, 2.05) is 4.72 Å². The molecule has 0 aliphatic carbocycles. The molecular weight excluding hydrogens is 260 g/mol. The number of rotatable bonds is 4. The van der Waals surface area contributed by atoms with Crippen LogP contribution in [0.3, 0.4) is 0 Å². The molecule has 0 aliphatic heterocycles. The number of carbonyl (C=O) groups is 1. The van der Waals surface area contributed by atoms with E-state index in [1.165, 1.54) is 32.0 Å². The van der Waals surface area contributed by atoms with Crippen LogP contribution in [0.15, 0.2) is 23.1 Å². The first kappa shape index (κ1) is 14.1. The lowest BCUT2D eigenvalue weighted by atomic mass is 10.2. The van der Waals surface area contributed by atoms with Gasteiger partial charge in [-0.2, -0.15) is 0 Å². The van der Waals surface area contributed by atoms with Gasteiger partial charge in [-0.15, -0.1) is 0 Å². The summed E-state index contributed by atoms with van der Waals surface area (Å²) in [5, 5.41) is 10.7. The van der Waals surface area contributed by atoms with Crippen molar-refractivity contribution in [3.05, 3.63) is 33.9 Å². The maximum Gasteiger partial charge on any atom is 0.273 e. The second kappa shape index (κ2) is 5.13. The predicted molar refractivity (Wildman–Crippen MR) is 63.5 cm³/mol. The molecule has 0 aliphatic rings. The zero-order valence-electron chi connectivity index (χ0n) is 9.84. The monoisotopic (exact) mass is 272 g/mol. The van der Waals surface area contributed by atoms with Crippen LogP contribution < -0.4 is 4.72 Å². The van der Waals surface area contributed by atoms with Gasteiger partial charge in [0, 0.05) is 18.1 Å². The van der Waals surface area contributed by atoms with Gasteiger partial charge >= 0.3 is 0 Å². The average molecular weight is 272 g/mol. The van der Waals surface area contributed by atoms with E-state index in [4.69, 9.17) is 0 Å². The van der Waals surface area contributed by atoms with Crippen LogP contribution >= 0.6 is 0 Å². The Bertz CT molecular complexity index is 594. The van der Waals surface area contributed by atoms with E-state index >= 15 is 0 Å². The molecule has 1 aromatic rings. The molecule has 0 fully saturated rings. The topological polar surface area (TPSA) is 106 Å². The molecule has 18 heavy (non-hydrogen) atoms. The van der Waals surface area contributed by atoms with Crippen LogP contribution in [0.2, 0.25) is 0 Å². The van der Waals surface area contributed by atoms with Crippen LogP contribution in [0.4, 0.5) is 5.69 Å². The summed E-state index contributed by atoms with van der Waals surface area (Å²) >= 11 is 0. The molecule has 0 atom stereocenters. The minimum absolute atomic E-state index is 0.00102. The van der Waals surface area contributed by atoms with E-state index in [2.05, 4.69) is 0 Å². The largest absolute Gasteiger partial charge is 0.274 e. The van der Waals surface area contributed by atoms with E-state index in [-0.39, 0.29) is 22.6 Å². The van der Waals surface area contributed by atoms with Crippen molar-refractivity contribution in [2.75, 3.05) is 0 Å². The summed E-state index contributed by atoms with van der Waals surface area (Å²) in [5.41, 5.74) is -0.305. The van der Waals surface area contributed by atoms with Gasteiger partial charge in [-0.25, -0.2) is 13.1 Å². The number of sulfonamides is 1. The van der Waals surface area contributed by atoms with Crippen LogP contribution in [-0.4, -0.2) is 19.2 Å². The molecule has 0 unspecified atom stereocenters. The number of benzene rings is 1. The zero-order chi connectivity index (χ0) is 13.9. The molecule has 1 amide bonds. The van der Waals surface area contributed by atoms with Gasteiger partial charge in [-0.05, 0) is 13.0 Å². The maximum absolute atomic E-state index is 11.8. The Kier molecular flexibility index (Phi) is 4.02. The smallest absolute Gasteiger partial charge is 0.273 e. The lowest BCUT2D eigenvalue weighted by Crippen LogP contribution is -2.30. The molecule has 8 heteroatoms. The van der Waals surface area contributed by atoms with Gasteiger partial charge in [-0.3, -0.25) is 14.9 Å². The number of nitro groups is 1. The van der Waals surface area contributed by atoms with Gasteiger partial charge in [0.15, 0.2) is 0 Å². The fraction of sp³-hybridized carbons (Fsp3) is 0.300. The Morgan fingerprint density at radius 2 is 2.06 bits per heavy atom. The lowest BCUT2D eigenvalue weighted by molar-refractivity contribution is -0.385. The Morgan fingerprint density at radius 3 is 2.56 bits per heavy atom. The highest BCUT2D eigenvalue weighted by molar-refractivity contribution is 7.90. The van der Waals surface area contributed by atoms with E-state index in [0.29, 0.717) is 0 Å². The van der Waals surface area contributed by atoms with Crippen molar-refractivity contribution in [2.24, 2.45) is 0 Å². The number of nitrogens with one attached hydrogen (secondary N) is 1. The molecular formula is C10H12N2O5S. The second-order valence-electron chi connectivity index (χ2n) is 3.54. The summed E-state index contributed by atoms with van der Waals surface area (Å²) in [6.07, 6.45) is 0.00715. The van der Waals surface area contributed by atoms with Crippen molar-refractivity contribution in [1.29, 1.82) is 0 Å². The van der Waals surface area contributed by atoms with Crippen LogP contribution in [0.1, 0.15) is 18.9 Å². The van der Waals surface area contributed by atoms with E-state index in [9.17, 15) is 23.3 Å². The third-order valence-corrected chi connectivity index (χ3v) is 3.83. The molecule has 0 saturated heterocycles. The molecule has 0 bridgehead atoms. The maximum atomic E-state index is 11.8. The summed E-state index contributed by atoms with van der Waals surface area (Å²) in [4.78, 5) is 20.9. The molecule has 0 spiro atoms. The lowest BCUT2D eigenvalue weighted by Gasteiger charge is -2.08. The number of hydrogen-bond donors (Lipinski definition) is 1. The first-order valence-electron chi connectivity index (χ1n) is 5.09. The highest BCUT2D eigenvalue weighted by Crippen LogP contribution is 2.24. The fourth-order valence-corrected chi connectivity index (χ4v) is 2.69. The first-order chi connectivity index (χ1) is 8.29. The number of nitro benzene ring substituents is 1. The van der Waals surface area contributed by atoms with Gasteiger partial charge < -0.3 is 0 Å². The quantitative estimate of drug-likeness (QED) is 0.652. The zero-order valence-corrected chi connectivity index (χ0v) is 10.7. The number of hydrogen-bond acceptors (Lipinski definition) is 5. The second-order valence-corrected chi connectivity index (χ2v) is 5.19. The molecule has 0 heterocycles. The van der Waals surface area contributed by atoms with Crippen molar-refractivity contribution in [3.63, 3.8) is 0 Å². The molecule has 98 valence electrons. The van der Waals surface area contributed by atoms with Crippen molar-refractivity contribution in [1.82, 2.24) is 4.72 Å². The van der Waals surface area contributed by atoms with Crippen LogP contribution in [0.25, 0.3) is 0 Å². The molecule has 1 aromatic carbocycles. The van der Waals surface area contributed by atoms with Crippen LogP contribution in [0.5, 0.6) is 0 Å². The van der Waals surface area contributed by atoms with Crippen LogP contribution in [0, 0.1) is 17.0 Å². The van der Waals surface area contributed by atoms with Gasteiger partial charge in [0.05, 0.1) is 9.82 Å². The highest BCUT2D eigenvalue weighted by atomic mass is 32.2. The van der Waals surface area contributed by atoms with Gasteiger partial charge in [0.25, 0.3) is 15.7 Å². The average Bonchev–Trinajstić information content (AvgIpc) is 2.27. The Hall–Kier alpha value is -1.96. The molecule has 0 saturated carbocycles. The standard InChI is InChI=1S/C10H12N2O5S/c1-3-10(13)11-18(16,17)9-6-4-5-8(7(9)2)12(14)15/h4-6H,3H2,1-2H3,(H,11,13). The van der Waals surface area contributed by atoms with Crippen molar-refractivity contribution >= 4 is 21.6 Å². The summed E-state index contributed by atoms with van der Waals surface area (Å²) in [7, 11) is -4.06. The predicted octanol–water partition coefficient (Wildman–Crippen LogP) is 1.12. The van der Waals surface area contributed by atoms with E-state index < -0.39 is 20.9 Å². The number of carbonyl (C=O) groups excluding carboxylic acids is 1. The number of amides is 1. The highest BCUT2D eigenvalue weighted by Gasteiger charge is 2.23. The summed E-state index contributed by atoms with van der Waals surface area (Å²) in [6.45, 7) is 2.83. The Morgan fingerprint density at radius 1 is 1.44 bits per heavy atom. The van der Waals surface area contributed by atoms with Crippen LogP contribution in [-0.2, 0) is 14.8 Å². The summed E-state index contributed by atoms with van der Waals surface area (Å²) in [5.74, 6) is -0.666. The van der Waals surface area contributed by atoms with Gasteiger partial charge in [0.2, 0.25) is 5.91 Å².